The third-order valence-corrected chi connectivity index (χ3v) is 8.42. The summed E-state index contributed by atoms with van der Waals surface area (Å²) in [4.78, 5) is 28.5. The van der Waals surface area contributed by atoms with E-state index in [4.69, 9.17) is 46.4 Å². The summed E-state index contributed by atoms with van der Waals surface area (Å²) in [6.07, 6.45) is 5.15. The SMILES string of the molecule is CCC(C(=O)NC1CCCC1)N(Cc1ccc(Cl)cc1Cl)C(=O)CN(c1cc(Cl)cc(Cl)c1)S(C)(=O)=O. The number of nitrogens with one attached hydrogen (secondary N) is 1. The fourth-order valence-electron chi connectivity index (χ4n) is 4.42. The van der Waals surface area contributed by atoms with Gasteiger partial charge in [-0.25, -0.2) is 8.42 Å². The van der Waals surface area contributed by atoms with E-state index in [0.29, 0.717) is 22.0 Å². The number of carbonyl (C=O) groups is 2. The highest BCUT2D eigenvalue weighted by atomic mass is 35.5. The van der Waals surface area contributed by atoms with Crippen LogP contribution >= 0.6 is 46.4 Å². The number of rotatable bonds is 10. The summed E-state index contributed by atoms with van der Waals surface area (Å²) in [5, 5.41) is 4.25. The van der Waals surface area contributed by atoms with Crippen LogP contribution in [0.3, 0.4) is 0 Å². The van der Waals surface area contributed by atoms with E-state index >= 15 is 0 Å². The molecule has 2 aromatic carbocycles. The molecule has 3 rings (SSSR count). The van der Waals surface area contributed by atoms with Crippen LogP contribution in [0, 0.1) is 0 Å². The molecule has 1 fully saturated rings. The van der Waals surface area contributed by atoms with Gasteiger partial charge >= 0.3 is 0 Å². The highest BCUT2D eigenvalue weighted by molar-refractivity contribution is 7.92. The molecule has 12 heteroatoms. The Morgan fingerprint density at radius 2 is 1.62 bits per heavy atom. The van der Waals surface area contributed by atoms with Crippen molar-refractivity contribution in [2.45, 2.75) is 57.7 Å². The lowest BCUT2D eigenvalue weighted by atomic mass is 10.1. The van der Waals surface area contributed by atoms with Crippen LogP contribution in [0.25, 0.3) is 0 Å². The maximum Gasteiger partial charge on any atom is 0.244 e. The van der Waals surface area contributed by atoms with Gasteiger partial charge in [0.25, 0.3) is 0 Å². The van der Waals surface area contributed by atoms with Gasteiger partial charge in [0.15, 0.2) is 0 Å². The quantitative estimate of drug-likeness (QED) is 0.362. The number of amides is 2. The van der Waals surface area contributed by atoms with Crippen LogP contribution in [0.2, 0.25) is 20.1 Å². The molecular formula is C25H29Cl4N3O4S. The predicted octanol–water partition coefficient (Wildman–Crippen LogP) is 5.93. The summed E-state index contributed by atoms with van der Waals surface area (Å²) < 4.78 is 26.4. The number of sulfonamides is 1. The summed E-state index contributed by atoms with van der Waals surface area (Å²) in [7, 11) is -3.91. The molecule has 2 aromatic rings. The molecular weight excluding hydrogens is 580 g/mol. The Balaban J connectivity index is 1.97. The molecule has 1 aliphatic rings. The van der Waals surface area contributed by atoms with Crippen LogP contribution in [0.1, 0.15) is 44.6 Å². The second-order valence-electron chi connectivity index (χ2n) is 9.07. The molecule has 0 aliphatic heterocycles. The molecule has 0 aromatic heterocycles. The van der Waals surface area contributed by atoms with Crippen LogP contribution in [0.5, 0.6) is 0 Å². The van der Waals surface area contributed by atoms with Crippen molar-refractivity contribution in [3.63, 3.8) is 0 Å². The minimum atomic E-state index is -3.91. The lowest BCUT2D eigenvalue weighted by Gasteiger charge is -2.33. The zero-order valence-corrected chi connectivity index (χ0v) is 24.4. The maximum absolute atomic E-state index is 13.8. The second kappa shape index (κ2) is 12.9. The fourth-order valence-corrected chi connectivity index (χ4v) is 6.23. The first-order valence-electron chi connectivity index (χ1n) is 11.9. The normalized spacial score (nSPS) is 14.9. The molecule has 1 N–H and O–H groups in total. The highest BCUT2D eigenvalue weighted by Crippen LogP contribution is 2.28. The fraction of sp³-hybridized carbons (Fsp3) is 0.440. The average molecular weight is 609 g/mol. The predicted molar refractivity (Wildman–Crippen MR) is 150 cm³/mol. The summed E-state index contributed by atoms with van der Waals surface area (Å²) in [5.74, 6) is -0.870. The third kappa shape index (κ3) is 8.14. The van der Waals surface area contributed by atoms with Gasteiger partial charge in [-0.1, -0.05) is 72.2 Å². The Morgan fingerprint density at radius 1 is 1.00 bits per heavy atom. The zero-order valence-electron chi connectivity index (χ0n) is 20.5. The van der Waals surface area contributed by atoms with Crippen LogP contribution < -0.4 is 9.62 Å². The molecule has 0 spiro atoms. The first kappa shape index (κ1) is 29.8. The largest absolute Gasteiger partial charge is 0.352 e. The molecule has 202 valence electrons. The standard InChI is InChI=1S/C25H29Cl4N3O4S/c1-3-23(25(34)30-20-6-4-5-7-20)31(14-16-8-9-17(26)13-22(16)29)24(33)15-32(37(2,35)36)21-11-18(27)10-19(28)12-21/h8-13,20,23H,3-7,14-15H2,1-2H3,(H,30,34). The summed E-state index contributed by atoms with van der Waals surface area (Å²) >= 11 is 24.6. The van der Waals surface area contributed by atoms with Crippen LogP contribution in [-0.4, -0.2) is 50.0 Å². The maximum atomic E-state index is 13.8. The van der Waals surface area contributed by atoms with Gasteiger partial charge in [-0.3, -0.25) is 13.9 Å². The number of benzene rings is 2. The van der Waals surface area contributed by atoms with Crippen molar-refractivity contribution in [1.82, 2.24) is 10.2 Å². The first-order valence-corrected chi connectivity index (χ1v) is 15.2. The second-order valence-corrected chi connectivity index (χ2v) is 12.7. The number of carbonyl (C=O) groups excluding carboxylic acids is 2. The molecule has 1 unspecified atom stereocenters. The van der Waals surface area contributed by atoms with Crippen molar-refractivity contribution in [3.05, 3.63) is 62.1 Å². The molecule has 37 heavy (non-hydrogen) atoms. The van der Waals surface area contributed by atoms with E-state index in [2.05, 4.69) is 5.32 Å². The van der Waals surface area contributed by atoms with E-state index in [0.717, 1.165) is 36.2 Å². The summed E-state index contributed by atoms with van der Waals surface area (Å²) in [6.45, 7) is 1.22. The van der Waals surface area contributed by atoms with E-state index in [-0.39, 0.29) is 34.2 Å². The van der Waals surface area contributed by atoms with Gasteiger partial charge in [0.2, 0.25) is 21.8 Å². The Kier molecular flexibility index (Phi) is 10.4. The van der Waals surface area contributed by atoms with Gasteiger partial charge in [-0.05, 0) is 55.2 Å². The van der Waals surface area contributed by atoms with Crippen molar-refractivity contribution in [2.24, 2.45) is 0 Å². The molecule has 2 amide bonds. The Morgan fingerprint density at radius 3 is 2.16 bits per heavy atom. The smallest absolute Gasteiger partial charge is 0.244 e. The summed E-state index contributed by atoms with van der Waals surface area (Å²) in [6, 6.07) is 8.36. The van der Waals surface area contributed by atoms with Gasteiger partial charge in [-0.15, -0.1) is 0 Å². The monoisotopic (exact) mass is 607 g/mol. The highest BCUT2D eigenvalue weighted by Gasteiger charge is 2.33. The number of anilines is 1. The van der Waals surface area contributed by atoms with Gasteiger partial charge in [0, 0.05) is 32.7 Å². The van der Waals surface area contributed by atoms with Gasteiger partial charge in [0.05, 0.1) is 11.9 Å². The van der Waals surface area contributed by atoms with Crippen molar-refractivity contribution < 1.29 is 18.0 Å². The van der Waals surface area contributed by atoms with E-state index in [1.165, 1.54) is 23.1 Å². The number of nitrogens with zero attached hydrogens (tertiary/aromatic N) is 2. The molecule has 0 heterocycles. The minimum Gasteiger partial charge on any atom is -0.352 e. The van der Waals surface area contributed by atoms with Crippen LogP contribution in [0.4, 0.5) is 5.69 Å². The van der Waals surface area contributed by atoms with Gasteiger partial charge in [-0.2, -0.15) is 0 Å². The molecule has 0 bridgehead atoms. The Labute approximate surface area is 238 Å². The minimum absolute atomic E-state index is 0.0146. The van der Waals surface area contributed by atoms with Gasteiger partial charge < -0.3 is 10.2 Å². The molecule has 0 radical (unpaired) electrons. The molecule has 1 aliphatic carbocycles. The lowest BCUT2D eigenvalue weighted by molar-refractivity contribution is -0.140. The number of halogens is 4. The van der Waals surface area contributed by atoms with Gasteiger partial charge in [0.1, 0.15) is 12.6 Å². The lowest BCUT2D eigenvalue weighted by Crippen LogP contribution is -2.53. The molecule has 0 saturated heterocycles. The Bertz CT molecular complexity index is 1230. The average Bonchev–Trinajstić information content (AvgIpc) is 3.30. The Hall–Kier alpha value is -1.71. The van der Waals surface area contributed by atoms with Crippen molar-refractivity contribution in [3.8, 4) is 0 Å². The van der Waals surface area contributed by atoms with Crippen molar-refractivity contribution in [1.29, 1.82) is 0 Å². The van der Waals surface area contributed by atoms with Crippen LogP contribution in [0.15, 0.2) is 36.4 Å². The number of hydrogen-bond acceptors (Lipinski definition) is 4. The third-order valence-electron chi connectivity index (χ3n) is 6.26. The molecule has 7 nitrogen and oxygen atoms in total. The molecule has 1 atom stereocenters. The van der Waals surface area contributed by atoms with Crippen molar-refractivity contribution in [2.75, 3.05) is 17.1 Å². The van der Waals surface area contributed by atoms with E-state index in [1.54, 1.807) is 25.1 Å². The van der Waals surface area contributed by atoms with E-state index in [1.807, 2.05) is 0 Å². The first-order chi connectivity index (χ1) is 17.4. The van der Waals surface area contributed by atoms with E-state index in [9.17, 15) is 18.0 Å². The summed E-state index contributed by atoms with van der Waals surface area (Å²) in [5.41, 5.74) is 0.713. The van der Waals surface area contributed by atoms with Crippen LogP contribution in [-0.2, 0) is 26.2 Å². The zero-order chi connectivity index (χ0) is 27.3. The number of hydrogen-bond donors (Lipinski definition) is 1. The van der Waals surface area contributed by atoms with E-state index < -0.39 is 28.5 Å². The molecule has 1 saturated carbocycles. The van der Waals surface area contributed by atoms with Crippen molar-refractivity contribution >= 4 is 73.9 Å². The topological polar surface area (TPSA) is 86.8 Å².